The van der Waals surface area contributed by atoms with Gasteiger partial charge in [0.1, 0.15) is 0 Å². The average molecular weight is 255 g/mol. The topological polar surface area (TPSA) is 42.2 Å². The molecule has 1 heterocycles. The Bertz CT molecular complexity index is 523. The van der Waals surface area contributed by atoms with Gasteiger partial charge in [-0.25, -0.2) is 0 Å². The van der Waals surface area contributed by atoms with Crippen LogP contribution >= 0.6 is 0 Å². The van der Waals surface area contributed by atoms with E-state index in [2.05, 4.69) is 54.1 Å². The van der Waals surface area contributed by atoms with Gasteiger partial charge in [-0.2, -0.15) is 0 Å². The molecule has 0 saturated heterocycles. The SMILES string of the molecule is CCN(Cc1ccncc1)c1c(C)cccc1CN. The maximum Gasteiger partial charge on any atom is 0.0444 e. The van der Waals surface area contributed by atoms with Crippen LogP contribution in [0.25, 0.3) is 0 Å². The van der Waals surface area contributed by atoms with E-state index in [4.69, 9.17) is 5.73 Å². The Kier molecular flexibility index (Phi) is 4.53. The Morgan fingerprint density at radius 1 is 1.16 bits per heavy atom. The molecular formula is C16H21N3. The minimum atomic E-state index is 0.573. The van der Waals surface area contributed by atoms with Gasteiger partial charge in [0.05, 0.1) is 0 Å². The molecule has 0 bridgehead atoms. The predicted molar refractivity (Wildman–Crippen MR) is 80.0 cm³/mol. The summed E-state index contributed by atoms with van der Waals surface area (Å²) in [6.45, 7) is 6.73. The second-order valence-corrected chi connectivity index (χ2v) is 4.66. The number of anilines is 1. The Morgan fingerprint density at radius 3 is 2.53 bits per heavy atom. The van der Waals surface area contributed by atoms with Gasteiger partial charge in [0.2, 0.25) is 0 Å². The van der Waals surface area contributed by atoms with Gasteiger partial charge in [0, 0.05) is 37.7 Å². The van der Waals surface area contributed by atoms with Crippen molar-refractivity contribution in [1.29, 1.82) is 0 Å². The largest absolute Gasteiger partial charge is 0.367 e. The van der Waals surface area contributed by atoms with Crippen molar-refractivity contribution in [2.75, 3.05) is 11.4 Å². The lowest BCUT2D eigenvalue weighted by Gasteiger charge is -2.27. The monoisotopic (exact) mass is 255 g/mol. The van der Waals surface area contributed by atoms with E-state index in [0.29, 0.717) is 6.54 Å². The fourth-order valence-electron chi connectivity index (χ4n) is 2.39. The van der Waals surface area contributed by atoms with Gasteiger partial charge in [-0.3, -0.25) is 4.98 Å². The molecule has 0 radical (unpaired) electrons. The summed E-state index contributed by atoms with van der Waals surface area (Å²) in [7, 11) is 0. The van der Waals surface area contributed by atoms with E-state index in [1.165, 1.54) is 22.4 Å². The highest BCUT2D eigenvalue weighted by molar-refractivity contribution is 5.59. The molecule has 0 aliphatic heterocycles. The van der Waals surface area contributed by atoms with E-state index in [0.717, 1.165) is 13.1 Å². The van der Waals surface area contributed by atoms with Crippen LogP contribution in [0.3, 0.4) is 0 Å². The lowest BCUT2D eigenvalue weighted by Crippen LogP contribution is -2.24. The summed E-state index contributed by atoms with van der Waals surface area (Å²) in [6, 6.07) is 10.4. The van der Waals surface area contributed by atoms with Crippen LogP contribution in [0.2, 0.25) is 0 Å². The Morgan fingerprint density at radius 2 is 1.89 bits per heavy atom. The van der Waals surface area contributed by atoms with Crippen molar-refractivity contribution in [3.05, 3.63) is 59.4 Å². The van der Waals surface area contributed by atoms with Gasteiger partial charge in [0.25, 0.3) is 0 Å². The molecule has 0 aliphatic rings. The van der Waals surface area contributed by atoms with E-state index < -0.39 is 0 Å². The molecule has 2 aromatic rings. The van der Waals surface area contributed by atoms with Crippen molar-refractivity contribution in [1.82, 2.24) is 4.98 Å². The molecule has 0 atom stereocenters. The zero-order valence-corrected chi connectivity index (χ0v) is 11.6. The van der Waals surface area contributed by atoms with Crippen molar-refractivity contribution in [2.45, 2.75) is 26.9 Å². The zero-order chi connectivity index (χ0) is 13.7. The first-order chi connectivity index (χ1) is 9.26. The van der Waals surface area contributed by atoms with Crippen LogP contribution in [0, 0.1) is 6.92 Å². The van der Waals surface area contributed by atoms with Crippen LogP contribution in [0.15, 0.2) is 42.7 Å². The lowest BCUT2D eigenvalue weighted by molar-refractivity contribution is 0.816. The lowest BCUT2D eigenvalue weighted by atomic mass is 10.1. The van der Waals surface area contributed by atoms with Crippen molar-refractivity contribution >= 4 is 5.69 Å². The number of aromatic nitrogens is 1. The van der Waals surface area contributed by atoms with Crippen LogP contribution in [0.4, 0.5) is 5.69 Å². The Hall–Kier alpha value is -1.87. The number of pyridine rings is 1. The highest BCUT2D eigenvalue weighted by atomic mass is 15.1. The van der Waals surface area contributed by atoms with Crippen LogP contribution < -0.4 is 10.6 Å². The number of nitrogens with zero attached hydrogens (tertiary/aromatic N) is 2. The molecule has 0 saturated carbocycles. The second-order valence-electron chi connectivity index (χ2n) is 4.66. The molecule has 1 aromatic heterocycles. The van der Waals surface area contributed by atoms with Crippen molar-refractivity contribution < 1.29 is 0 Å². The molecule has 0 aliphatic carbocycles. The highest BCUT2D eigenvalue weighted by Crippen LogP contribution is 2.26. The maximum atomic E-state index is 5.87. The van der Waals surface area contributed by atoms with Gasteiger partial charge in [-0.05, 0) is 42.7 Å². The van der Waals surface area contributed by atoms with E-state index in [1.54, 1.807) is 0 Å². The summed E-state index contributed by atoms with van der Waals surface area (Å²) in [5.74, 6) is 0. The van der Waals surface area contributed by atoms with Crippen LogP contribution in [0.5, 0.6) is 0 Å². The van der Waals surface area contributed by atoms with Gasteiger partial charge < -0.3 is 10.6 Å². The normalized spacial score (nSPS) is 10.5. The zero-order valence-electron chi connectivity index (χ0n) is 11.6. The van der Waals surface area contributed by atoms with Crippen LogP contribution in [-0.4, -0.2) is 11.5 Å². The molecule has 1 aromatic carbocycles. The molecule has 100 valence electrons. The van der Waals surface area contributed by atoms with Gasteiger partial charge >= 0.3 is 0 Å². The fourth-order valence-corrected chi connectivity index (χ4v) is 2.39. The number of para-hydroxylation sites is 1. The fraction of sp³-hybridized carbons (Fsp3) is 0.312. The van der Waals surface area contributed by atoms with E-state index in [9.17, 15) is 0 Å². The third-order valence-electron chi connectivity index (χ3n) is 3.36. The van der Waals surface area contributed by atoms with Crippen LogP contribution in [0.1, 0.15) is 23.6 Å². The smallest absolute Gasteiger partial charge is 0.0444 e. The average Bonchev–Trinajstić information content (AvgIpc) is 2.46. The summed E-state index contributed by atoms with van der Waals surface area (Å²) < 4.78 is 0. The molecule has 3 heteroatoms. The molecule has 0 spiro atoms. The molecular weight excluding hydrogens is 234 g/mol. The molecule has 0 unspecified atom stereocenters. The number of nitrogens with two attached hydrogens (primary N) is 1. The molecule has 2 rings (SSSR count). The number of hydrogen-bond acceptors (Lipinski definition) is 3. The summed E-state index contributed by atoms with van der Waals surface area (Å²) >= 11 is 0. The first-order valence-corrected chi connectivity index (χ1v) is 6.68. The van der Waals surface area contributed by atoms with Gasteiger partial charge in [0.15, 0.2) is 0 Å². The third-order valence-corrected chi connectivity index (χ3v) is 3.36. The summed E-state index contributed by atoms with van der Waals surface area (Å²) in [4.78, 5) is 6.43. The summed E-state index contributed by atoms with van der Waals surface area (Å²) in [5.41, 5.74) is 10.9. The first-order valence-electron chi connectivity index (χ1n) is 6.68. The van der Waals surface area contributed by atoms with Crippen molar-refractivity contribution in [3.63, 3.8) is 0 Å². The third kappa shape index (κ3) is 3.12. The number of hydrogen-bond donors (Lipinski definition) is 1. The minimum Gasteiger partial charge on any atom is -0.367 e. The summed E-state index contributed by atoms with van der Waals surface area (Å²) in [5, 5.41) is 0. The quantitative estimate of drug-likeness (QED) is 0.893. The van der Waals surface area contributed by atoms with Crippen molar-refractivity contribution in [2.24, 2.45) is 5.73 Å². The Balaban J connectivity index is 2.32. The highest BCUT2D eigenvalue weighted by Gasteiger charge is 2.12. The van der Waals surface area contributed by atoms with E-state index in [1.807, 2.05) is 12.4 Å². The molecule has 3 nitrogen and oxygen atoms in total. The summed E-state index contributed by atoms with van der Waals surface area (Å²) in [6.07, 6.45) is 3.68. The number of rotatable bonds is 5. The van der Waals surface area contributed by atoms with Crippen molar-refractivity contribution in [3.8, 4) is 0 Å². The van der Waals surface area contributed by atoms with E-state index >= 15 is 0 Å². The van der Waals surface area contributed by atoms with Gasteiger partial charge in [-0.15, -0.1) is 0 Å². The number of benzene rings is 1. The Labute approximate surface area is 115 Å². The second kappa shape index (κ2) is 6.34. The predicted octanol–water partition coefficient (Wildman–Crippen LogP) is 2.88. The molecule has 0 amide bonds. The van der Waals surface area contributed by atoms with E-state index in [-0.39, 0.29) is 0 Å². The number of aryl methyl sites for hydroxylation is 1. The maximum absolute atomic E-state index is 5.87. The minimum absolute atomic E-state index is 0.573. The molecule has 2 N–H and O–H groups in total. The molecule has 19 heavy (non-hydrogen) atoms. The first kappa shape index (κ1) is 13.6. The van der Waals surface area contributed by atoms with Crippen LogP contribution in [-0.2, 0) is 13.1 Å². The standard InChI is InChI=1S/C16H21N3/c1-3-19(12-14-7-9-18-10-8-14)16-13(2)5-4-6-15(16)11-17/h4-10H,3,11-12,17H2,1-2H3. The van der Waals surface area contributed by atoms with Gasteiger partial charge in [-0.1, -0.05) is 18.2 Å². The molecule has 0 fully saturated rings.